The first-order valence-electron chi connectivity index (χ1n) is 12.7. The molecule has 0 spiro atoms. The summed E-state index contributed by atoms with van der Waals surface area (Å²) in [5.74, 6) is -2.06. The molecule has 0 amide bonds. The van der Waals surface area contributed by atoms with Crippen LogP contribution < -0.4 is 10.6 Å². The van der Waals surface area contributed by atoms with Crippen molar-refractivity contribution in [3.05, 3.63) is 92.2 Å². The summed E-state index contributed by atoms with van der Waals surface area (Å²) in [5, 5.41) is 7.00. The smallest absolute Gasteiger partial charge is 0.336 e. The Hall–Kier alpha value is -2.88. The van der Waals surface area contributed by atoms with E-state index in [-0.39, 0.29) is 29.4 Å². The highest BCUT2D eigenvalue weighted by Crippen LogP contribution is 2.43. The molecule has 0 fully saturated rings. The van der Waals surface area contributed by atoms with Crippen LogP contribution in [0.1, 0.15) is 30.9 Å². The molecule has 1 atom stereocenters. The number of carbonyl (C=O) groups excluding carboxylic acids is 2. The third-order valence-corrected chi connectivity index (χ3v) is 6.89. The molecule has 210 valence electrons. The van der Waals surface area contributed by atoms with Gasteiger partial charge in [-0.25, -0.2) is 9.59 Å². The van der Waals surface area contributed by atoms with Gasteiger partial charge in [0, 0.05) is 18.8 Å². The van der Waals surface area contributed by atoms with Gasteiger partial charge in [0.15, 0.2) is 0 Å². The van der Waals surface area contributed by atoms with Crippen molar-refractivity contribution in [3.63, 3.8) is 0 Å². The molecule has 0 saturated heterocycles. The lowest BCUT2D eigenvalue weighted by Crippen LogP contribution is -2.35. The Bertz CT molecular complexity index is 1200. The van der Waals surface area contributed by atoms with Crippen molar-refractivity contribution >= 4 is 35.1 Å². The third kappa shape index (κ3) is 8.30. The zero-order valence-electron chi connectivity index (χ0n) is 22.4. The normalized spacial score (nSPS) is 15.3. The van der Waals surface area contributed by atoms with Crippen LogP contribution in [-0.4, -0.2) is 58.6 Å². The van der Waals surface area contributed by atoms with E-state index in [1.165, 1.54) is 12.7 Å². The fraction of sp³-hybridized carbons (Fsp3) is 0.379. The van der Waals surface area contributed by atoms with Crippen LogP contribution in [0.3, 0.4) is 0 Å². The van der Waals surface area contributed by atoms with Crippen molar-refractivity contribution in [1.29, 1.82) is 0 Å². The highest BCUT2D eigenvalue weighted by atomic mass is 35.5. The van der Waals surface area contributed by atoms with Gasteiger partial charge in [0.2, 0.25) is 0 Å². The summed E-state index contributed by atoms with van der Waals surface area (Å²) in [7, 11) is 1.28. The highest BCUT2D eigenvalue weighted by Gasteiger charge is 2.40. The Balaban J connectivity index is 1.69. The average molecular weight is 578 g/mol. The molecular formula is C29H34Cl2N2O6. The number of hydrogen-bond donors (Lipinski definition) is 2. The van der Waals surface area contributed by atoms with Crippen molar-refractivity contribution in [2.75, 3.05) is 46.7 Å². The maximum atomic E-state index is 13.2. The molecule has 2 aromatic rings. The topological polar surface area (TPSA) is 95.1 Å². The second-order valence-corrected chi connectivity index (χ2v) is 9.46. The summed E-state index contributed by atoms with van der Waals surface area (Å²) in [4.78, 5) is 26.1. The number of ether oxygens (including phenoxy) is 4. The van der Waals surface area contributed by atoms with E-state index in [0.717, 1.165) is 6.54 Å². The molecule has 1 aliphatic rings. The van der Waals surface area contributed by atoms with E-state index in [2.05, 4.69) is 22.8 Å². The lowest BCUT2D eigenvalue weighted by atomic mass is 9.80. The third-order valence-electron chi connectivity index (χ3n) is 6.05. The van der Waals surface area contributed by atoms with E-state index in [9.17, 15) is 9.59 Å². The minimum Gasteiger partial charge on any atom is -0.466 e. The molecule has 2 N–H and O–H groups in total. The predicted molar refractivity (Wildman–Crippen MR) is 151 cm³/mol. The molecule has 0 aliphatic carbocycles. The van der Waals surface area contributed by atoms with Gasteiger partial charge in [0.25, 0.3) is 0 Å². The molecule has 0 saturated carbocycles. The maximum Gasteiger partial charge on any atom is 0.336 e. The molecule has 0 bridgehead atoms. The zero-order valence-corrected chi connectivity index (χ0v) is 23.9. The lowest BCUT2D eigenvalue weighted by Gasteiger charge is -2.31. The van der Waals surface area contributed by atoms with E-state index >= 15 is 0 Å². The van der Waals surface area contributed by atoms with Crippen molar-refractivity contribution in [2.24, 2.45) is 0 Å². The van der Waals surface area contributed by atoms with Gasteiger partial charge in [-0.2, -0.15) is 0 Å². The molecule has 0 radical (unpaired) electrons. The minimum absolute atomic E-state index is 0.0598. The van der Waals surface area contributed by atoms with Crippen LogP contribution in [0.5, 0.6) is 0 Å². The summed E-state index contributed by atoms with van der Waals surface area (Å²) < 4.78 is 21.9. The van der Waals surface area contributed by atoms with Gasteiger partial charge >= 0.3 is 11.9 Å². The number of halogens is 2. The molecule has 39 heavy (non-hydrogen) atoms. The zero-order chi connectivity index (χ0) is 28.2. The van der Waals surface area contributed by atoms with Crippen LogP contribution in [0.25, 0.3) is 0 Å². The molecule has 10 heteroatoms. The SMILES string of the molecule is CCOC(=O)C1=C(COCCOCCNCc2ccccc2)NC(C)=C(C(=O)OC)[C@@H]1c1cccc(Cl)c1Cl. The Labute approximate surface area is 239 Å². The number of benzene rings is 2. The molecule has 0 unspecified atom stereocenters. The minimum atomic E-state index is -0.866. The summed E-state index contributed by atoms with van der Waals surface area (Å²) in [6.07, 6.45) is 0. The largest absolute Gasteiger partial charge is 0.466 e. The molecule has 2 aromatic carbocycles. The maximum absolute atomic E-state index is 13.2. The fourth-order valence-corrected chi connectivity index (χ4v) is 4.68. The van der Waals surface area contributed by atoms with E-state index in [1.54, 1.807) is 32.0 Å². The first-order valence-corrected chi connectivity index (χ1v) is 13.4. The summed E-state index contributed by atoms with van der Waals surface area (Å²) in [6.45, 7) is 6.33. The number of nitrogens with one attached hydrogen (secondary N) is 2. The quantitative estimate of drug-likeness (QED) is 0.245. The Morgan fingerprint density at radius 1 is 0.949 bits per heavy atom. The number of dihydropyridines is 1. The molecular weight excluding hydrogens is 543 g/mol. The summed E-state index contributed by atoms with van der Waals surface area (Å²) >= 11 is 12.9. The standard InChI is InChI=1S/C29H34Cl2N2O6/c1-4-39-29(35)26-23(18-38-16-15-37-14-13-32-17-20-9-6-5-7-10-20)33-19(2)24(28(34)36-3)25(26)21-11-8-12-22(30)27(21)31/h5-12,25,32-33H,4,13-18H2,1-3H3/t25-/m0/s1. The number of methoxy groups -OCH3 is 1. The van der Waals surface area contributed by atoms with Gasteiger partial charge in [-0.15, -0.1) is 0 Å². The lowest BCUT2D eigenvalue weighted by molar-refractivity contribution is -0.139. The van der Waals surface area contributed by atoms with Crippen molar-refractivity contribution in [2.45, 2.75) is 26.3 Å². The van der Waals surface area contributed by atoms with E-state index in [4.69, 9.17) is 42.1 Å². The van der Waals surface area contributed by atoms with Crippen LogP contribution in [-0.2, 0) is 35.1 Å². The van der Waals surface area contributed by atoms with Crippen LogP contribution in [0, 0.1) is 0 Å². The number of carbonyl (C=O) groups is 2. The second-order valence-electron chi connectivity index (χ2n) is 8.67. The monoisotopic (exact) mass is 576 g/mol. The van der Waals surface area contributed by atoms with Gasteiger partial charge in [-0.1, -0.05) is 65.7 Å². The van der Waals surface area contributed by atoms with E-state index in [0.29, 0.717) is 48.3 Å². The van der Waals surface area contributed by atoms with Crippen molar-refractivity contribution in [3.8, 4) is 0 Å². The van der Waals surface area contributed by atoms with Crippen LogP contribution in [0.4, 0.5) is 0 Å². The van der Waals surface area contributed by atoms with Crippen molar-refractivity contribution < 1.29 is 28.5 Å². The van der Waals surface area contributed by atoms with Crippen LogP contribution >= 0.6 is 23.2 Å². The second kappa shape index (κ2) is 15.6. The number of esters is 2. The first kappa shape index (κ1) is 30.7. The Morgan fingerprint density at radius 3 is 2.41 bits per heavy atom. The molecule has 0 aromatic heterocycles. The molecule has 1 aliphatic heterocycles. The summed E-state index contributed by atoms with van der Waals surface area (Å²) in [5.41, 5.74) is 3.11. The molecule has 1 heterocycles. The first-order chi connectivity index (χ1) is 18.9. The predicted octanol–water partition coefficient (Wildman–Crippen LogP) is 4.77. The molecule has 3 rings (SSSR count). The van der Waals surface area contributed by atoms with Crippen molar-refractivity contribution in [1.82, 2.24) is 10.6 Å². The summed E-state index contributed by atoms with van der Waals surface area (Å²) in [6, 6.07) is 15.2. The van der Waals surface area contributed by atoms with Crippen LogP contribution in [0.15, 0.2) is 71.1 Å². The molecule has 8 nitrogen and oxygen atoms in total. The van der Waals surface area contributed by atoms with Crippen LogP contribution in [0.2, 0.25) is 10.0 Å². The van der Waals surface area contributed by atoms with E-state index in [1.807, 2.05) is 18.2 Å². The average Bonchev–Trinajstić information content (AvgIpc) is 2.93. The van der Waals surface area contributed by atoms with Gasteiger partial charge in [-0.05, 0) is 31.0 Å². The van der Waals surface area contributed by atoms with E-state index < -0.39 is 17.9 Å². The van der Waals surface area contributed by atoms with Gasteiger partial charge in [-0.3, -0.25) is 0 Å². The fourth-order valence-electron chi connectivity index (χ4n) is 4.26. The Kier molecular flexibility index (Phi) is 12.3. The number of allylic oxidation sites excluding steroid dienone is 1. The number of hydrogen-bond acceptors (Lipinski definition) is 8. The highest BCUT2D eigenvalue weighted by molar-refractivity contribution is 6.42. The van der Waals surface area contributed by atoms with Gasteiger partial charge in [0.05, 0.1) is 73.0 Å². The number of rotatable bonds is 14. The Morgan fingerprint density at radius 2 is 1.69 bits per heavy atom. The van der Waals surface area contributed by atoms with Gasteiger partial charge in [0.1, 0.15) is 0 Å². The van der Waals surface area contributed by atoms with Gasteiger partial charge < -0.3 is 29.6 Å².